The fourth-order valence-corrected chi connectivity index (χ4v) is 9.83. The number of benzene rings is 3. The molecule has 0 unspecified atom stereocenters. The van der Waals surface area contributed by atoms with Crippen LogP contribution >= 0.6 is 0 Å². The van der Waals surface area contributed by atoms with Crippen molar-refractivity contribution in [2.75, 3.05) is 78.5 Å². The van der Waals surface area contributed by atoms with Crippen LogP contribution in [0.3, 0.4) is 0 Å². The van der Waals surface area contributed by atoms with Gasteiger partial charge in [-0.05, 0) is 107 Å². The molecule has 105 heavy (non-hydrogen) atoms. The summed E-state index contributed by atoms with van der Waals surface area (Å²) in [6.45, 7) is 4.77. The minimum Gasteiger partial charge on any atom is -0.504 e. The molecule has 0 fully saturated rings. The van der Waals surface area contributed by atoms with Crippen molar-refractivity contribution < 1.29 is 205 Å². The molecule has 0 aliphatic rings. The van der Waals surface area contributed by atoms with Crippen LogP contribution in [0.4, 0.5) is 0 Å². The molecule has 34 nitrogen and oxygen atoms in total. The van der Waals surface area contributed by atoms with Gasteiger partial charge >= 0.3 is 0 Å². The summed E-state index contributed by atoms with van der Waals surface area (Å²) in [5, 5.41) is 112. The normalized spacial score (nSPS) is 10.5. The van der Waals surface area contributed by atoms with Crippen LogP contribution in [-0.2, 0) is 30.7 Å². The van der Waals surface area contributed by atoms with Crippen molar-refractivity contribution in [3.63, 3.8) is 0 Å². The van der Waals surface area contributed by atoms with E-state index in [1.165, 1.54) is 70.1 Å². The Morgan fingerprint density at radius 2 is 0.638 bits per heavy atom. The Labute approximate surface area is 688 Å². The van der Waals surface area contributed by atoms with Crippen LogP contribution in [0.5, 0.6) is 51.7 Å². The third kappa shape index (κ3) is 27.2. The first-order valence-electron chi connectivity index (χ1n) is 32.2. The van der Waals surface area contributed by atoms with Crippen LogP contribution in [0.25, 0.3) is 0 Å². The fourth-order valence-electron chi connectivity index (χ4n) is 9.83. The molecule has 0 atom stereocenters. The standard InChI is InChI=1S/C58H71N11O19.C10H13NO3.3Tm/c1-66-29-16-34(49(79)56(66)86)41(71)8-5-27-69(28-6-9-42(72)35-17-30-67(2)57(87)50(35)80)32-26-65-54(84)38-13-12-37(47(77)48(38)78)53(83)63-21-15-44(74)61-25-24-60-43(73)14-20-62-52(82)36-11-10-33(45(75)46(36)76)40(70)7-4-19-59-22-23-64-55(85)39-18-31-68(3)58(88)51(39)81;1-3-11-10(14)7-5-4-6(2)8(12)9(7)13;;;/h10-13,16-18,29-31,59,75-81H,4-9,14-15,19-28,32H2,1-3H3,(H,60,73)(H,61,74)(H,62,82)(H,63,83)(H,64,85)(H,65,84);4-5,12-13H,3H2,1-2H3,(H,11,14);;;. The summed E-state index contributed by atoms with van der Waals surface area (Å²) >= 11 is 0. The van der Waals surface area contributed by atoms with Gasteiger partial charge in [0.25, 0.3) is 46.2 Å². The molecule has 587 valence electrons. The van der Waals surface area contributed by atoms with Gasteiger partial charge in [-0.1, -0.05) is 6.07 Å². The maximum Gasteiger partial charge on any atom is 0.293 e. The number of carbonyl (C=O) groups excluding carboxylic acids is 10. The molecule has 0 saturated heterocycles. The second-order valence-corrected chi connectivity index (χ2v) is 23.1. The number of nitrogens with one attached hydrogen (secondary N) is 8. The van der Waals surface area contributed by atoms with Gasteiger partial charge in [0.15, 0.2) is 69.1 Å². The molecular weight excluding hydrogens is 1840 g/mol. The van der Waals surface area contributed by atoms with Crippen molar-refractivity contribution in [1.82, 2.24) is 61.1 Å². The SMILES string of the molecule is CCNC(=O)c1ccc(C)c(O)c1O.Cn1ccc(C(=O)CCCN(CCCC(=O)c2ccn(C)c(=O)c2O)CCNC(=O)c2ccc(C(=O)NCCC(=O)NCCNC(=O)CCNC(=O)c3ccc(C(=O)CCCNCCNC(=O)c4ccn(C)c(=O)c4O)c(O)c3O)c(O)c2O)c(O)c1=O.[Tm].[Tm].[Tm]. The number of hydrogen-bond acceptors (Lipinski definition) is 24. The van der Waals surface area contributed by atoms with Gasteiger partial charge in [-0.25, -0.2) is 0 Å². The number of aromatic nitrogens is 3. The first-order valence-corrected chi connectivity index (χ1v) is 32.2. The third-order valence-corrected chi connectivity index (χ3v) is 15.7. The number of amides is 7. The molecule has 37 heteroatoms. The van der Waals surface area contributed by atoms with E-state index in [9.17, 15) is 108 Å². The van der Waals surface area contributed by atoms with Crippen LogP contribution < -0.4 is 59.2 Å². The van der Waals surface area contributed by atoms with Crippen molar-refractivity contribution in [3.8, 4) is 51.7 Å². The first-order chi connectivity index (χ1) is 48.4. The summed E-state index contributed by atoms with van der Waals surface area (Å²) in [5.74, 6) is -12.3. The Hall–Kier alpha value is -8.37. The van der Waals surface area contributed by atoms with E-state index in [0.29, 0.717) is 31.6 Å². The van der Waals surface area contributed by atoms with Crippen LogP contribution in [-0.4, -0.2) is 202 Å². The molecule has 0 bridgehead atoms. The van der Waals surface area contributed by atoms with Gasteiger partial charge in [0.2, 0.25) is 11.8 Å². The van der Waals surface area contributed by atoms with E-state index >= 15 is 0 Å². The number of aromatic hydroxyl groups is 9. The van der Waals surface area contributed by atoms with Crippen molar-refractivity contribution in [3.05, 3.63) is 154 Å². The van der Waals surface area contributed by atoms with Crippen LogP contribution in [0.15, 0.2) is 87.6 Å². The molecule has 0 aliphatic heterocycles. The zero-order chi connectivity index (χ0) is 75.5. The molecular formula is C68H84N12O22Tm3. The number of rotatable bonds is 36. The number of carbonyl (C=O) groups is 10. The Morgan fingerprint density at radius 3 is 1.06 bits per heavy atom. The average molecular weight is 1930 g/mol. The number of phenolic OH excluding ortho intramolecular Hbond substituents is 6. The summed E-state index contributed by atoms with van der Waals surface area (Å²) in [6, 6.07) is 11.5. The van der Waals surface area contributed by atoms with Crippen molar-refractivity contribution in [2.24, 2.45) is 21.1 Å². The van der Waals surface area contributed by atoms with E-state index in [4.69, 9.17) is 0 Å². The Bertz CT molecular complexity index is 4230. The van der Waals surface area contributed by atoms with Gasteiger partial charge in [-0.15, -0.1) is 0 Å². The molecule has 17 N–H and O–H groups in total. The van der Waals surface area contributed by atoms with E-state index in [1.807, 2.05) is 4.90 Å². The summed E-state index contributed by atoms with van der Waals surface area (Å²) in [5.41, 5.74) is -3.41. The molecule has 7 amide bonds. The van der Waals surface area contributed by atoms with Gasteiger partial charge < -0.3 is 107 Å². The molecule has 0 aliphatic carbocycles. The smallest absolute Gasteiger partial charge is 0.293 e. The average Bonchev–Trinajstić information content (AvgIpc) is 0.844. The second kappa shape index (κ2) is 45.9. The summed E-state index contributed by atoms with van der Waals surface area (Å²) in [6.07, 6.45) is 4.15. The molecule has 3 aromatic heterocycles. The summed E-state index contributed by atoms with van der Waals surface area (Å²) in [4.78, 5) is 164. The van der Waals surface area contributed by atoms with Gasteiger partial charge in [0.05, 0.1) is 44.5 Å². The Morgan fingerprint density at radius 1 is 0.333 bits per heavy atom. The topological polar surface area (TPSA) is 518 Å². The number of ketones is 3. The second-order valence-electron chi connectivity index (χ2n) is 23.1. The van der Waals surface area contributed by atoms with Gasteiger partial charge in [-0.3, -0.25) is 62.3 Å². The van der Waals surface area contributed by atoms with Crippen molar-refractivity contribution in [2.45, 2.75) is 65.2 Å². The summed E-state index contributed by atoms with van der Waals surface area (Å²) in [7, 11) is 4.26. The van der Waals surface area contributed by atoms with Crippen molar-refractivity contribution >= 4 is 58.7 Å². The molecule has 0 saturated carbocycles. The van der Waals surface area contributed by atoms with E-state index in [1.54, 1.807) is 19.9 Å². The van der Waals surface area contributed by atoms with Crippen LogP contribution in [0.2, 0.25) is 0 Å². The first kappa shape index (κ1) is 92.7. The Balaban J connectivity index is 0.00000197. The van der Waals surface area contributed by atoms with Gasteiger partial charge in [0, 0.05) is 241 Å². The van der Waals surface area contributed by atoms with Crippen molar-refractivity contribution in [1.29, 1.82) is 0 Å². The zero-order valence-electron chi connectivity index (χ0n) is 57.5. The van der Waals surface area contributed by atoms with Crippen LogP contribution in [0, 0.1) is 118 Å². The Kier molecular flexibility index (Phi) is 40.5. The molecule has 3 heterocycles. The van der Waals surface area contributed by atoms with E-state index < -0.39 is 121 Å². The number of pyridine rings is 3. The minimum atomic E-state index is -0.923. The van der Waals surface area contributed by atoms with E-state index in [0.717, 1.165) is 31.9 Å². The zero-order valence-corrected chi connectivity index (χ0v) is 62.9. The minimum absolute atomic E-state index is 0. The fraction of sp³-hybridized carbons (Fsp3) is 0.368. The molecule has 6 aromatic rings. The molecule has 3 radical (unpaired) electrons. The quantitative estimate of drug-likeness (QED) is 0.0144. The van der Waals surface area contributed by atoms with E-state index in [-0.39, 0.29) is 265 Å². The number of Topliss-reactive ketones (excluding diaryl/α,β-unsaturated/α-hetero) is 3. The maximum atomic E-state index is 13.2. The van der Waals surface area contributed by atoms with Gasteiger partial charge in [0.1, 0.15) is 0 Å². The molecule has 6 rings (SSSR count). The number of hydrogen-bond donors (Lipinski definition) is 17. The maximum absolute atomic E-state index is 13.2. The number of nitrogens with zero attached hydrogens (tertiary/aromatic N) is 4. The number of phenols is 6. The molecule has 3 aromatic carbocycles. The predicted molar refractivity (Wildman–Crippen MR) is 367 cm³/mol. The largest absolute Gasteiger partial charge is 0.504 e. The summed E-state index contributed by atoms with van der Waals surface area (Å²) < 4.78 is 3.36. The third-order valence-electron chi connectivity index (χ3n) is 15.7. The number of aryl methyl sites for hydroxylation is 4. The predicted octanol–water partition coefficient (Wildman–Crippen LogP) is 0.391. The van der Waals surface area contributed by atoms with Crippen LogP contribution in [0.1, 0.15) is 147 Å². The monoisotopic (exact) mass is 1930 g/mol. The molecule has 0 spiro atoms. The van der Waals surface area contributed by atoms with E-state index in [2.05, 4.69) is 42.5 Å². The van der Waals surface area contributed by atoms with Gasteiger partial charge in [-0.2, -0.15) is 0 Å².